The van der Waals surface area contributed by atoms with E-state index in [0.29, 0.717) is 6.54 Å². The molecule has 0 amide bonds. The maximum Gasteiger partial charge on any atom is 0.233 e. The highest BCUT2D eigenvalue weighted by Gasteiger charge is 2.18. The average Bonchev–Trinajstić information content (AvgIpc) is 2.41. The zero-order chi connectivity index (χ0) is 9.68. The van der Waals surface area contributed by atoms with E-state index < -0.39 is 0 Å². The largest absolute Gasteiger partial charge is 0.408 e. The van der Waals surface area contributed by atoms with E-state index in [1.165, 1.54) is 0 Å². The van der Waals surface area contributed by atoms with Crippen molar-refractivity contribution in [2.45, 2.75) is 25.9 Å². The highest BCUT2D eigenvalue weighted by atomic mass is 16.5. The fraction of sp³-hybridized carbons (Fsp3) is 0.875. The van der Waals surface area contributed by atoms with Gasteiger partial charge in [-0.2, -0.15) is 0 Å². The van der Waals surface area contributed by atoms with E-state index in [0.717, 1.165) is 26.0 Å². The van der Waals surface area contributed by atoms with Crippen LogP contribution in [0.3, 0.4) is 0 Å². The third kappa shape index (κ3) is 2.77. The highest BCUT2D eigenvalue weighted by molar-refractivity contribution is 5.77. The normalized spacial score (nSPS) is 25.8. The predicted octanol–water partition coefficient (Wildman–Crippen LogP) is 0.191. The van der Waals surface area contributed by atoms with Crippen LogP contribution >= 0.6 is 0 Å². The minimum Gasteiger partial charge on any atom is -0.408 e. The lowest BCUT2D eigenvalue weighted by atomic mass is 10.2. The molecule has 5 heteroatoms. The number of nitrogens with two attached hydrogens (primary N) is 1. The highest BCUT2D eigenvalue weighted by Crippen LogP contribution is 2.07. The summed E-state index contributed by atoms with van der Waals surface area (Å²) in [6.45, 7) is 4.34. The molecule has 1 fully saturated rings. The first-order chi connectivity index (χ1) is 6.27. The van der Waals surface area contributed by atoms with Crippen LogP contribution in [0.25, 0.3) is 0 Å². The van der Waals surface area contributed by atoms with Crippen LogP contribution in [0.5, 0.6) is 0 Å². The number of guanidine groups is 1. The third-order valence-electron chi connectivity index (χ3n) is 2.23. The minimum atomic E-state index is 0.184. The van der Waals surface area contributed by atoms with Crippen molar-refractivity contribution in [3.63, 3.8) is 0 Å². The number of hydrogen-bond acceptors (Lipinski definition) is 3. The van der Waals surface area contributed by atoms with Gasteiger partial charge in [0.25, 0.3) is 0 Å². The molecule has 1 saturated heterocycles. The molecule has 0 aliphatic carbocycles. The summed E-state index contributed by atoms with van der Waals surface area (Å²) < 4.78 is 5.54. The van der Waals surface area contributed by atoms with Crippen LogP contribution in [0.1, 0.15) is 19.8 Å². The summed E-state index contributed by atoms with van der Waals surface area (Å²) in [7, 11) is 0. The van der Waals surface area contributed by atoms with Gasteiger partial charge in [-0.1, -0.05) is 12.1 Å². The summed E-state index contributed by atoms with van der Waals surface area (Å²) in [5.74, 6) is 0.184. The molecule has 1 aliphatic heterocycles. The van der Waals surface area contributed by atoms with Gasteiger partial charge in [0.2, 0.25) is 5.96 Å². The van der Waals surface area contributed by atoms with Crippen molar-refractivity contribution in [2.75, 3.05) is 19.7 Å². The first kappa shape index (κ1) is 10.1. The van der Waals surface area contributed by atoms with Crippen LogP contribution in [-0.2, 0) is 4.74 Å². The fourth-order valence-electron chi connectivity index (χ4n) is 1.41. The van der Waals surface area contributed by atoms with E-state index in [2.05, 4.69) is 12.1 Å². The second-order valence-electron chi connectivity index (χ2n) is 3.16. The smallest absolute Gasteiger partial charge is 0.233 e. The molecule has 0 aromatic heterocycles. The molecule has 1 rings (SSSR count). The Bertz CT molecular complexity index is 184. The average molecular weight is 187 g/mol. The van der Waals surface area contributed by atoms with Gasteiger partial charge in [-0.05, 0) is 12.8 Å². The molecule has 1 unspecified atom stereocenters. The summed E-state index contributed by atoms with van der Waals surface area (Å²) in [5, 5.41) is 11.5. The number of oxime groups is 1. The summed E-state index contributed by atoms with van der Waals surface area (Å²) in [6, 6.07) is 0. The molecule has 0 aromatic rings. The maximum absolute atomic E-state index is 8.52. The lowest BCUT2D eigenvalue weighted by molar-refractivity contribution is 0.0580. The SMILES string of the molecule is CCC1CN(/C(N)=N/O)CCCO1. The van der Waals surface area contributed by atoms with Crippen LogP contribution in [-0.4, -0.2) is 41.9 Å². The van der Waals surface area contributed by atoms with Crippen molar-refractivity contribution in [1.82, 2.24) is 4.90 Å². The zero-order valence-corrected chi connectivity index (χ0v) is 7.94. The van der Waals surface area contributed by atoms with E-state index in [9.17, 15) is 0 Å². The molecule has 3 N–H and O–H groups in total. The van der Waals surface area contributed by atoms with Crippen LogP contribution in [0, 0.1) is 0 Å². The molecule has 1 heterocycles. The molecule has 76 valence electrons. The van der Waals surface area contributed by atoms with Gasteiger partial charge in [-0.25, -0.2) is 0 Å². The van der Waals surface area contributed by atoms with Crippen molar-refractivity contribution in [3.8, 4) is 0 Å². The minimum absolute atomic E-state index is 0.184. The Hall–Kier alpha value is -0.970. The van der Waals surface area contributed by atoms with E-state index in [1.54, 1.807) is 0 Å². The maximum atomic E-state index is 8.52. The van der Waals surface area contributed by atoms with Gasteiger partial charge in [0.1, 0.15) is 0 Å². The second kappa shape index (κ2) is 4.91. The molecular formula is C8H17N3O2. The van der Waals surface area contributed by atoms with Crippen LogP contribution in [0.2, 0.25) is 0 Å². The first-order valence-electron chi connectivity index (χ1n) is 4.62. The molecule has 5 nitrogen and oxygen atoms in total. The van der Waals surface area contributed by atoms with Crippen molar-refractivity contribution in [1.29, 1.82) is 0 Å². The zero-order valence-electron chi connectivity index (χ0n) is 7.94. The molecule has 1 atom stereocenters. The molecule has 0 radical (unpaired) electrons. The van der Waals surface area contributed by atoms with Gasteiger partial charge < -0.3 is 20.6 Å². The summed E-state index contributed by atoms with van der Waals surface area (Å²) in [4.78, 5) is 1.85. The van der Waals surface area contributed by atoms with Crippen molar-refractivity contribution >= 4 is 5.96 Å². The Morgan fingerprint density at radius 2 is 2.54 bits per heavy atom. The fourth-order valence-corrected chi connectivity index (χ4v) is 1.41. The third-order valence-corrected chi connectivity index (χ3v) is 2.23. The van der Waals surface area contributed by atoms with Gasteiger partial charge in [0.15, 0.2) is 0 Å². The monoisotopic (exact) mass is 187 g/mol. The Morgan fingerprint density at radius 1 is 1.77 bits per heavy atom. The molecule has 0 bridgehead atoms. The summed E-state index contributed by atoms with van der Waals surface area (Å²) in [6.07, 6.45) is 2.07. The van der Waals surface area contributed by atoms with Crippen molar-refractivity contribution < 1.29 is 9.94 Å². The van der Waals surface area contributed by atoms with Gasteiger partial charge in [-0.15, -0.1) is 0 Å². The van der Waals surface area contributed by atoms with Gasteiger partial charge in [0.05, 0.1) is 6.10 Å². The topological polar surface area (TPSA) is 71.1 Å². The van der Waals surface area contributed by atoms with E-state index in [1.807, 2.05) is 4.90 Å². The molecule has 0 aromatic carbocycles. The predicted molar refractivity (Wildman–Crippen MR) is 49.6 cm³/mol. The molecule has 0 spiro atoms. The van der Waals surface area contributed by atoms with Crippen LogP contribution in [0.4, 0.5) is 0 Å². The van der Waals surface area contributed by atoms with Crippen LogP contribution < -0.4 is 5.73 Å². The van der Waals surface area contributed by atoms with E-state index in [-0.39, 0.29) is 12.1 Å². The first-order valence-corrected chi connectivity index (χ1v) is 4.62. The number of ether oxygens (including phenoxy) is 1. The molecule has 0 saturated carbocycles. The van der Waals surface area contributed by atoms with Gasteiger partial charge in [-0.3, -0.25) is 0 Å². The Balaban J connectivity index is 2.53. The van der Waals surface area contributed by atoms with E-state index in [4.69, 9.17) is 15.7 Å². The van der Waals surface area contributed by atoms with E-state index >= 15 is 0 Å². The molecule has 13 heavy (non-hydrogen) atoms. The Labute approximate surface area is 78.1 Å². The lowest BCUT2D eigenvalue weighted by Crippen LogP contribution is -2.41. The number of hydrogen-bond donors (Lipinski definition) is 2. The standard InChI is InChI=1S/C8H17N3O2/c1-2-7-6-11(8(9)10-12)4-3-5-13-7/h7,12H,2-6H2,1H3,(H2,9,10). The van der Waals surface area contributed by atoms with Crippen molar-refractivity contribution in [3.05, 3.63) is 0 Å². The summed E-state index contributed by atoms with van der Waals surface area (Å²) in [5.41, 5.74) is 5.50. The Kier molecular flexibility index (Phi) is 3.82. The molecule has 1 aliphatic rings. The lowest BCUT2D eigenvalue weighted by Gasteiger charge is -2.22. The molecular weight excluding hydrogens is 170 g/mol. The Morgan fingerprint density at radius 3 is 3.15 bits per heavy atom. The van der Waals surface area contributed by atoms with Crippen molar-refractivity contribution in [2.24, 2.45) is 10.9 Å². The number of nitrogens with zero attached hydrogens (tertiary/aromatic N) is 2. The van der Waals surface area contributed by atoms with Crippen LogP contribution in [0.15, 0.2) is 5.16 Å². The number of rotatable bonds is 1. The van der Waals surface area contributed by atoms with Gasteiger partial charge in [0, 0.05) is 19.7 Å². The quantitative estimate of drug-likeness (QED) is 0.266. The second-order valence-corrected chi connectivity index (χ2v) is 3.16. The summed E-state index contributed by atoms with van der Waals surface area (Å²) >= 11 is 0. The van der Waals surface area contributed by atoms with Gasteiger partial charge >= 0.3 is 0 Å².